The van der Waals surface area contributed by atoms with Gasteiger partial charge in [-0.05, 0) is 55.7 Å². The Morgan fingerprint density at radius 2 is 1.91 bits per heavy atom. The van der Waals surface area contributed by atoms with Gasteiger partial charge >= 0.3 is 5.97 Å². The topological polar surface area (TPSA) is 87.5 Å². The van der Waals surface area contributed by atoms with E-state index in [0.717, 1.165) is 17.5 Å². The van der Waals surface area contributed by atoms with Crippen molar-refractivity contribution in [2.75, 3.05) is 18.5 Å². The summed E-state index contributed by atoms with van der Waals surface area (Å²) in [4.78, 5) is 17.3. The first-order valence-electron chi connectivity index (χ1n) is 11.3. The van der Waals surface area contributed by atoms with Crippen LogP contribution in [0.1, 0.15) is 44.4 Å². The van der Waals surface area contributed by atoms with Crippen molar-refractivity contribution in [2.45, 2.75) is 39.8 Å². The van der Waals surface area contributed by atoms with Crippen molar-refractivity contribution in [3.05, 3.63) is 75.2 Å². The van der Waals surface area contributed by atoms with Gasteiger partial charge in [0.25, 0.3) is 0 Å². The number of anilines is 1. The molecule has 0 radical (unpaired) electrons. The number of hydrogen-bond acceptors (Lipinski definition) is 7. The van der Waals surface area contributed by atoms with Crippen LogP contribution in [0.15, 0.2) is 54.0 Å². The molecule has 0 bridgehead atoms. The standard InChI is InChI=1S/C25H26Cl2N4O4/c1-4-10-34-24(32)22-15(3)30-25-28-14-29-31(25)23(22)17-7-9-20(21(12-17)33-5-2)35-13-16-6-8-18(26)19(27)11-16/h6-9,11-12,14,23H,4-5,10,13H2,1-3H3,(H,28,29,30). The fourth-order valence-corrected chi connectivity index (χ4v) is 4.13. The van der Waals surface area contributed by atoms with Crippen LogP contribution >= 0.6 is 23.2 Å². The molecule has 1 aromatic heterocycles. The lowest BCUT2D eigenvalue weighted by molar-refractivity contribution is -0.139. The highest BCUT2D eigenvalue weighted by Gasteiger charge is 2.34. The molecule has 0 saturated heterocycles. The molecule has 1 atom stereocenters. The van der Waals surface area contributed by atoms with Crippen molar-refractivity contribution in [1.82, 2.24) is 14.8 Å². The monoisotopic (exact) mass is 516 g/mol. The van der Waals surface area contributed by atoms with Crippen LogP contribution in [0.4, 0.5) is 5.95 Å². The van der Waals surface area contributed by atoms with Crippen LogP contribution in [-0.2, 0) is 16.1 Å². The van der Waals surface area contributed by atoms with Crippen LogP contribution in [0, 0.1) is 0 Å². The van der Waals surface area contributed by atoms with E-state index in [1.165, 1.54) is 6.33 Å². The van der Waals surface area contributed by atoms with E-state index in [2.05, 4.69) is 15.4 Å². The number of aromatic nitrogens is 3. The smallest absolute Gasteiger partial charge is 0.338 e. The Morgan fingerprint density at radius 1 is 1.09 bits per heavy atom. The second kappa shape index (κ2) is 11.0. The van der Waals surface area contributed by atoms with Crippen molar-refractivity contribution in [2.24, 2.45) is 0 Å². The summed E-state index contributed by atoms with van der Waals surface area (Å²) in [5, 5.41) is 8.45. The minimum atomic E-state index is -0.540. The van der Waals surface area contributed by atoms with Gasteiger partial charge in [-0.1, -0.05) is 42.3 Å². The predicted molar refractivity (Wildman–Crippen MR) is 134 cm³/mol. The highest BCUT2D eigenvalue weighted by atomic mass is 35.5. The van der Waals surface area contributed by atoms with Crippen LogP contribution in [0.2, 0.25) is 10.0 Å². The maximum absolute atomic E-state index is 13.0. The summed E-state index contributed by atoms with van der Waals surface area (Å²) in [6.07, 6.45) is 2.17. The number of nitrogens with one attached hydrogen (secondary N) is 1. The molecule has 1 aliphatic rings. The number of carbonyl (C=O) groups excluding carboxylic acids is 1. The molecular formula is C25H26Cl2N4O4. The number of benzene rings is 2. The highest BCUT2D eigenvalue weighted by molar-refractivity contribution is 6.42. The number of nitrogens with zero attached hydrogens (tertiary/aromatic N) is 3. The van der Waals surface area contributed by atoms with E-state index in [0.29, 0.717) is 52.0 Å². The first-order chi connectivity index (χ1) is 16.9. The average Bonchev–Trinajstić information content (AvgIpc) is 3.31. The normalized spacial score (nSPS) is 14.8. The van der Waals surface area contributed by atoms with Crippen LogP contribution in [0.3, 0.4) is 0 Å². The summed E-state index contributed by atoms with van der Waals surface area (Å²) in [5.74, 6) is 1.24. The summed E-state index contributed by atoms with van der Waals surface area (Å²) >= 11 is 12.1. The zero-order valence-electron chi connectivity index (χ0n) is 19.7. The highest BCUT2D eigenvalue weighted by Crippen LogP contribution is 2.39. The number of allylic oxidation sites excluding steroid dienone is 1. The molecule has 0 amide bonds. The van der Waals surface area contributed by atoms with Gasteiger partial charge in [-0.3, -0.25) is 0 Å². The van der Waals surface area contributed by atoms with Gasteiger partial charge in [-0.15, -0.1) is 0 Å². The van der Waals surface area contributed by atoms with E-state index in [9.17, 15) is 4.79 Å². The lowest BCUT2D eigenvalue weighted by Gasteiger charge is -2.28. The van der Waals surface area contributed by atoms with Crippen molar-refractivity contribution in [3.63, 3.8) is 0 Å². The minimum absolute atomic E-state index is 0.282. The summed E-state index contributed by atoms with van der Waals surface area (Å²) in [7, 11) is 0. The van der Waals surface area contributed by atoms with E-state index in [-0.39, 0.29) is 6.61 Å². The van der Waals surface area contributed by atoms with Crippen LogP contribution in [-0.4, -0.2) is 33.9 Å². The minimum Gasteiger partial charge on any atom is -0.490 e. The van der Waals surface area contributed by atoms with Crippen LogP contribution in [0.25, 0.3) is 0 Å². The maximum atomic E-state index is 13.0. The molecule has 8 nitrogen and oxygen atoms in total. The molecule has 4 rings (SSSR count). The molecule has 0 fully saturated rings. The largest absolute Gasteiger partial charge is 0.490 e. The van der Waals surface area contributed by atoms with Crippen molar-refractivity contribution in [3.8, 4) is 11.5 Å². The second-order valence-electron chi connectivity index (χ2n) is 7.91. The van der Waals surface area contributed by atoms with Crippen molar-refractivity contribution < 1.29 is 19.0 Å². The Morgan fingerprint density at radius 3 is 2.66 bits per heavy atom. The van der Waals surface area contributed by atoms with E-state index in [1.807, 2.05) is 45.0 Å². The van der Waals surface area contributed by atoms with E-state index < -0.39 is 12.0 Å². The zero-order valence-corrected chi connectivity index (χ0v) is 21.2. The van der Waals surface area contributed by atoms with Gasteiger partial charge in [-0.25, -0.2) is 9.48 Å². The summed E-state index contributed by atoms with van der Waals surface area (Å²) < 4.78 is 19.1. The van der Waals surface area contributed by atoms with Gasteiger partial charge in [0.2, 0.25) is 5.95 Å². The molecule has 0 aliphatic carbocycles. The fourth-order valence-electron chi connectivity index (χ4n) is 3.81. The molecule has 0 spiro atoms. The first kappa shape index (κ1) is 24.9. The number of carbonyl (C=O) groups is 1. The Bertz CT molecular complexity index is 1260. The van der Waals surface area contributed by atoms with Crippen LogP contribution in [0.5, 0.6) is 11.5 Å². The van der Waals surface area contributed by atoms with Gasteiger partial charge in [0, 0.05) is 5.70 Å². The molecule has 184 valence electrons. The van der Waals surface area contributed by atoms with Crippen molar-refractivity contribution in [1.29, 1.82) is 0 Å². The summed E-state index contributed by atoms with van der Waals surface area (Å²) in [6, 6.07) is 10.4. The lowest BCUT2D eigenvalue weighted by atomic mass is 9.95. The molecule has 2 heterocycles. The molecule has 35 heavy (non-hydrogen) atoms. The summed E-state index contributed by atoms with van der Waals surface area (Å²) in [6.45, 7) is 6.72. The molecule has 1 N–H and O–H groups in total. The van der Waals surface area contributed by atoms with E-state index >= 15 is 0 Å². The number of fused-ring (bicyclic) bond motifs is 1. The van der Waals surface area contributed by atoms with Gasteiger partial charge in [0.15, 0.2) is 11.5 Å². The third kappa shape index (κ3) is 5.39. The molecular weight excluding hydrogens is 491 g/mol. The fraction of sp³-hybridized carbons (Fsp3) is 0.320. The quantitative estimate of drug-likeness (QED) is 0.359. The molecule has 1 unspecified atom stereocenters. The van der Waals surface area contributed by atoms with E-state index in [4.69, 9.17) is 37.4 Å². The van der Waals surface area contributed by atoms with Crippen molar-refractivity contribution >= 4 is 35.1 Å². The molecule has 10 heteroatoms. The average molecular weight is 517 g/mol. The molecule has 1 aliphatic heterocycles. The Hall–Kier alpha value is -3.23. The van der Waals surface area contributed by atoms with Gasteiger partial charge in [0.05, 0.1) is 28.8 Å². The number of ether oxygens (including phenoxy) is 3. The van der Waals surface area contributed by atoms with Crippen LogP contribution < -0.4 is 14.8 Å². The predicted octanol–water partition coefficient (Wildman–Crippen LogP) is 5.80. The van der Waals surface area contributed by atoms with Gasteiger partial charge < -0.3 is 19.5 Å². The number of rotatable bonds is 9. The summed E-state index contributed by atoms with van der Waals surface area (Å²) in [5.41, 5.74) is 2.78. The molecule has 2 aromatic carbocycles. The second-order valence-corrected chi connectivity index (χ2v) is 8.72. The zero-order chi connectivity index (χ0) is 24.9. The Kier molecular flexibility index (Phi) is 7.83. The maximum Gasteiger partial charge on any atom is 0.338 e. The number of esters is 1. The first-order valence-corrected chi connectivity index (χ1v) is 12.1. The third-order valence-corrected chi connectivity index (χ3v) is 6.15. The lowest BCUT2D eigenvalue weighted by Crippen LogP contribution is -2.29. The Balaban J connectivity index is 1.67. The SMILES string of the molecule is CCCOC(=O)C1=C(C)Nc2ncnn2C1c1ccc(OCc2ccc(Cl)c(Cl)c2)c(OCC)c1. The van der Waals surface area contributed by atoms with E-state index in [1.54, 1.807) is 16.8 Å². The van der Waals surface area contributed by atoms with Gasteiger partial charge in [0.1, 0.15) is 19.0 Å². The molecule has 3 aromatic rings. The van der Waals surface area contributed by atoms with Gasteiger partial charge in [-0.2, -0.15) is 10.1 Å². The third-order valence-electron chi connectivity index (χ3n) is 5.41. The Labute approximate surface area is 213 Å². The molecule has 0 saturated carbocycles. The number of hydrogen-bond donors (Lipinski definition) is 1. The number of halogens is 2.